The Morgan fingerprint density at radius 2 is 1.97 bits per heavy atom. The molecule has 4 aromatic rings. The molecule has 3 aliphatic carbocycles. The molecule has 3 fully saturated rings. The van der Waals surface area contributed by atoms with Crippen LogP contribution < -0.4 is 5.32 Å². The fraction of sp³-hybridized carbons (Fsp3) is 0.375. The van der Waals surface area contributed by atoms with E-state index >= 15 is 0 Å². The van der Waals surface area contributed by atoms with Gasteiger partial charge in [0.1, 0.15) is 17.3 Å². The number of hydrogen-bond donors (Lipinski definition) is 3. The summed E-state index contributed by atoms with van der Waals surface area (Å²) in [5.41, 5.74) is 1.97. The highest BCUT2D eigenvalue weighted by atomic mass is 35.5. The zero-order valence-corrected chi connectivity index (χ0v) is 18.7. The number of halogens is 2. The van der Waals surface area contributed by atoms with Crippen molar-refractivity contribution in [3.8, 4) is 11.4 Å². The molecule has 0 unspecified atom stereocenters. The van der Waals surface area contributed by atoms with Crippen LogP contribution in [0.1, 0.15) is 25.7 Å². The molecule has 0 saturated heterocycles. The molecule has 33 heavy (non-hydrogen) atoms. The summed E-state index contributed by atoms with van der Waals surface area (Å²) in [4.78, 5) is 24.8. The third-order valence-corrected chi connectivity index (χ3v) is 7.78. The zero-order valence-electron chi connectivity index (χ0n) is 18.0. The molecule has 0 amide bonds. The largest absolute Gasteiger partial charge is 0.481 e. The third-order valence-electron chi connectivity index (χ3n) is 7.48. The van der Waals surface area contributed by atoms with Crippen molar-refractivity contribution in [3.05, 3.63) is 41.4 Å². The number of benzene rings is 1. The Bertz CT molecular complexity index is 1410. The summed E-state index contributed by atoms with van der Waals surface area (Å²) in [6, 6.07) is 4.43. The predicted octanol–water partition coefficient (Wildman–Crippen LogP) is 5.21. The van der Waals surface area contributed by atoms with E-state index in [1.165, 1.54) is 12.1 Å². The van der Waals surface area contributed by atoms with Gasteiger partial charge >= 0.3 is 5.97 Å². The fourth-order valence-corrected chi connectivity index (χ4v) is 6.14. The molecule has 1 aromatic carbocycles. The maximum Gasteiger partial charge on any atom is 0.308 e. The Kier molecular flexibility index (Phi) is 4.62. The van der Waals surface area contributed by atoms with Crippen LogP contribution in [0.25, 0.3) is 33.3 Å². The molecule has 2 atom stereocenters. The standard InChI is InChI=1S/C24H23ClFN5O2/c1-31-7-6-14-21(28-19-12-4-2-11(3-5-12)18(19)24(32)33)29-22(30-23(14)31)16-10-27-20-15(16)8-13(26)9-17(20)25/h6-12,18-19,27H,2-5H2,1H3,(H,32,33)(H,28,29,30)/t11?,12?,18-,19-/m1/s1. The van der Waals surface area contributed by atoms with Crippen molar-refractivity contribution in [2.45, 2.75) is 31.7 Å². The first-order valence-corrected chi connectivity index (χ1v) is 11.6. The molecular weight excluding hydrogens is 445 g/mol. The van der Waals surface area contributed by atoms with Crippen molar-refractivity contribution >= 4 is 45.3 Å². The van der Waals surface area contributed by atoms with Crippen LogP contribution in [0.15, 0.2) is 30.6 Å². The third kappa shape index (κ3) is 3.19. The minimum absolute atomic E-state index is 0.184. The second kappa shape index (κ2) is 7.45. The topological polar surface area (TPSA) is 95.8 Å². The average Bonchev–Trinajstić information content (AvgIpc) is 3.38. The zero-order chi connectivity index (χ0) is 22.9. The van der Waals surface area contributed by atoms with Gasteiger partial charge in [-0.1, -0.05) is 11.6 Å². The maximum atomic E-state index is 14.1. The Balaban J connectivity index is 1.49. The quantitative estimate of drug-likeness (QED) is 0.383. The second-order valence-corrected chi connectivity index (χ2v) is 9.69. The van der Waals surface area contributed by atoms with Crippen LogP contribution >= 0.6 is 11.6 Å². The van der Waals surface area contributed by atoms with E-state index < -0.39 is 17.7 Å². The number of H-pyrrole nitrogens is 1. The summed E-state index contributed by atoms with van der Waals surface area (Å²) in [5.74, 6) is -0.0959. The lowest BCUT2D eigenvalue weighted by Crippen LogP contribution is -2.51. The summed E-state index contributed by atoms with van der Waals surface area (Å²) in [6.07, 6.45) is 7.63. The normalized spacial score (nSPS) is 24.6. The molecule has 0 radical (unpaired) electrons. The minimum Gasteiger partial charge on any atom is -0.481 e. The number of carboxylic acids is 1. The van der Waals surface area contributed by atoms with E-state index in [2.05, 4.69) is 10.3 Å². The molecule has 3 aliphatic rings. The van der Waals surface area contributed by atoms with Crippen molar-refractivity contribution < 1.29 is 14.3 Å². The van der Waals surface area contributed by atoms with E-state index in [0.717, 1.165) is 31.1 Å². The molecular formula is C24H23ClFN5O2. The van der Waals surface area contributed by atoms with Crippen molar-refractivity contribution in [2.24, 2.45) is 24.8 Å². The lowest BCUT2D eigenvalue weighted by Gasteiger charge is -2.47. The Morgan fingerprint density at radius 3 is 2.73 bits per heavy atom. The van der Waals surface area contributed by atoms with Gasteiger partial charge in [-0.3, -0.25) is 4.79 Å². The van der Waals surface area contributed by atoms with Gasteiger partial charge in [0.2, 0.25) is 0 Å². The first-order valence-electron chi connectivity index (χ1n) is 11.2. The van der Waals surface area contributed by atoms with Gasteiger partial charge in [-0.2, -0.15) is 0 Å². The van der Waals surface area contributed by atoms with Gasteiger partial charge in [0.15, 0.2) is 5.82 Å². The van der Waals surface area contributed by atoms with E-state index in [9.17, 15) is 14.3 Å². The molecule has 7 rings (SSSR count). The summed E-state index contributed by atoms with van der Waals surface area (Å²) < 4.78 is 16.0. The smallest absolute Gasteiger partial charge is 0.308 e. The number of aliphatic carboxylic acids is 1. The SMILES string of the molecule is Cn1ccc2c(N[C@@H]3C4CCC(CC4)[C@H]3C(=O)O)nc(-c3c[nH]c4c(Cl)cc(F)cc34)nc21. The number of nitrogens with zero attached hydrogens (tertiary/aromatic N) is 3. The van der Waals surface area contributed by atoms with Crippen LogP contribution in [-0.2, 0) is 11.8 Å². The van der Waals surface area contributed by atoms with Crippen LogP contribution in [0, 0.1) is 23.6 Å². The molecule has 3 aromatic heterocycles. The van der Waals surface area contributed by atoms with Gasteiger partial charge in [0.05, 0.1) is 21.8 Å². The minimum atomic E-state index is -0.748. The number of rotatable bonds is 4. The molecule has 0 spiro atoms. The van der Waals surface area contributed by atoms with E-state index in [1.807, 2.05) is 23.9 Å². The molecule has 7 nitrogen and oxygen atoms in total. The Labute approximate surface area is 194 Å². The number of aromatic nitrogens is 4. The van der Waals surface area contributed by atoms with E-state index in [4.69, 9.17) is 21.6 Å². The monoisotopic (exact) mass is 467 g/mol. The van der Waals surface area contributed by atoms with Crippen molar-refractivity contribution in [1.82, 2.24) is 19.5 Å². The lowest BCUT2D eigenvalue weighted by molar-refractivity contribution is -0.148. The lowest BCUT2D eigenvalue weighted by atomic mass is 9.61. The maximum absolute atomic E-state index is 14.1. The molecule has 3 heterocycles. The number of carboxylic acid groups (broad SMARTS) is 1. The number of hydrogen-bond acceptors (Lipinski definition) is 4. The number of nitrogens with one attached hydrogen (secondary N) is 2. The van der Waals surface area contributed by atoms with Gasteiger partial charge in [-0.15, -0.1) is 0 Å². The molecule has 3 saturated carbocycles. The second-order valence-electron chi connectivity index (χ2n) is 9.28. The predicted molar refractivity (Wildman–Crippen MR) is 125 cm³/mol. The number of carbonyl (C=O) groups is 1. The van der Waals surface area contributed by atoms with E-state index in [-0.39, 0.29) is 17.0 Å². The first-order chi connectivity index (χ1) is 15.9. The average molecular weight is 468 g/mol. The van der Waals surface area contributed by atoms with Crippen LogP contribution in [0.3, 0.4) is 0 Å². The fourth-order valence-electron chi connectivity index (χ4n) is 5.88. The summed E-state index contributed by atoms with van der Waals surface area (Å²) >= 11 is 6.22. The Morgan fingerprint density at radius 1 is 1.21 bits per heavy atom. The van der Waals surface area contributed by atoms with Crippen LogP contribution in [0.5, 0.6) is 0 Å². The highest BCUT2D eigenvalue weighted by Gasteiger charge is 2.47. The molecule has 0 aliphatic heterocycles. The molecule has 2 bridgehead atoms. The molecule has 170 valence electrons. The van der Waals surface area contributed by atoms with E-state index in [1.54, 1.807) is 6.20 Å². The van der Waals surface area contributed by atoms with Crippen LogP contribution in [0.4, 0.5) is 10.2 Å². The first kappa shape index (κ1) is 20.5. The van der Waals surface area contributed by atoms with Gasteiger partial charge in [0.25, 0.3) is 0 Å². The van der Waals surface area contributed by atoms with Crippen molar-refractivity contribution in [3.63, 3.8) is 0 Å². The summed E-state index contributed by atoms with van der Waals surface area (Å²) in [6.45, 7) is 0. The summed E-state index contributed by atoms with van der Waals surface area (Å²) in [7, 11) is 1.90. The van der Waals surface area contributed by atoms with Crippen LogP contribution in [-0.4, -0.2) is 36.6 Å². The van der Waals surface area contributed by atoms with Crippen molar-refractivity contribution in [2.75, 3.05) is 5.32 Å². The van der Waals surface area contributed by atoms with Gasteiger partial charge in [-0.05, 0) is 55.7 Å². The van der Waals surface area contributed by atoms with Gasteiger partial charge in [0, 0.05) is 36.4 Å². The highest BCUT2D eigenvalue weighted by Crippen LogP contribution is 2.46. The summed E-state index contributed by atoms with van der Waals surface area (Å²) in [5, 5.41) is 15.2. The molecule has 3 N–H and O–H groups in total. The highest BCUT2D eigenvalue weighted by molar-refractivity contribution is 6.35. The number of aromatic amines is 1. The number of anilines is 1. The van der Waals surface area contributed by atoms with E-state index in [0.29, 0.717) is 39.7 Å². The Hall–Kier alpha value is -3.13. The number of aryl methyl sites for hydroxylation is 1. The van der Waals surface area contributed by atoms with Crippen molar-refractivity contribution in [1.29, 1.82) is 0 Å². The van der Waals surface area contributed by atoms with Gasteiger partial charge in [-0.25, -0.2) is 14.4 Å². The van der Waals surface area contributed by atoms with Crippen LogP contribution in [0.2, 0.25) is 5.02 Å². The van der Waals surface area contributed by atoms with Gasteiger partial charge < -0.3 is 20.0 Å². The molecule has 9 heteroatoms. The number of fused-ring (bicyclic) bond motifs is 5.